The van der Waals surface area contributed by atoms with Crippen LogP contribution in [-0.2, 0) is 9.53 Å². The van der Waals surface area contributed by atoms with Crippen LogP contribution in [0.3, 0.4) is 0 Å². The van der Waals surface area contributed by atoms with Crippen LogP contribution in [0, 0.1) is 5.41 Å². The first-order valence-corrected chi connectivity index (χ1v) is 7.62. The summed E-state index contributed by atoms with van der Waals surface area (Å²) < 4.78 is 4.77. The molecule has 0 aromatic carbocycles. The summed E-state index contributed by atoms with van der Waals surface area (Å²) in [5, 5.41) is 0.717. The van der Waals surface area contributed by atoms with Crippen molar-refractivity contribution in [3.8, 4) is 0 Å². The van der Waals surface area contributed by atoms with Crippen molar-refractivity contribution in [3.05, 3.63) is 0 Å². The Labute approximate surface area is 108 Å². The monoisotopic (exact) mass is 257 g/mol. The molecule has 4 heteroatoms. The number of thioether (sulfide) groups is 1. The van der Waals surface area contributed by atoms with Gasteiger partial charge < -0.3 is 10.5 Å². The molecule has 0 aliphatic heterocycles. The predicted octanol–water partition coefficient (Wildman–Crippen LogP) is 2.33. The van der Waals surface area contributed by atoms with E-state index in [4.69, 9.17) is 10.5 Å². The van der Waals surface area contributed by atoms with E-state index >= 15 is 0 Å². The van der Waals surface area contributed by atoms with Crippen LogP contribution in [0.1, 0.15) is 44.9 Å². The number of rotatable bonds is 5. The fraction of sp³-hybridized carbons (Fsp3) is 0.923. The molecule has 2 rings (SSSR count). The largest absolute Gasteiger partial charge is 0.469 e. The summed E-state index contributed by atoms with van der Waals surface area (Å²) in [6.07, 6.45) is 7.88. The summed E-state index contributed by atoms with van der Waals surface area (Å²) in [4.78, 5) is 11.3. The maximum absolute atomic E-state index is 11.3. The lowest BCUT2D eigenvalue weighted by Crippen LogP contribution is -2.29. The Balaban J connectivity index is 1.72. The van der Waals surface area contributed by atoms with Gasteiger partial charge in [0.15, 0.2) is 0 Å². The summed E-state index contributed by atoms with van der Waals surface area (Å²) in [5.41, 5.74) is 6.26. The molecular weight excluding hydrogens is 234 g/mol. The van der Waals surface area contributed by atoms with Gasteiger partial charge in [-0.05, 0) is 43.3 Å². The Bertz CT molecular complexity index is 279. The lowest BCUT2D eigenvalue weighted by molar-refractivity contribution is -0.141. The summed E-state index contributed by atoms with van der Waals surface area (Å²) in [7, 11) is 1.48. The normalized spacial score (nSPS) is 30.9. The number of esters is 1. The minimum Gasteiger partial charge on any atom is -0.469 e. The molecule has 2 saturated carbocycles. The average molecular weight is 257 g/mol. The highest BCUT2D eigenvalue weighted by molar-refractivity contribution is 7.99. The molecule has 17 heavy (non-hydrogen) atoms. The van der Waals surface area contributed by atoms with E-state index < -0.39 is 0 Å². The minimum atomic E-state index is -0.0524. The van der Waals surface area contributed by atoms with Crippen LogP contribution in [0.15, 0.2) is 0 Å². The van der Waals surface area contributed by atoms with E-state index in [0.29, 0.717) is 17.7 Å². The number of nitrogens with two attached hydrogens (primary N) is 1. The van der Waals surface area contributed by atoms with Gasteiger partial charge in [-0.3, -0.25) is 4.79 Å². The predicted molar refractivity (Wildman–Crippen MR) is 71.0 cm³/mol. The number of methoxy groups -OCH3 is 1. The maximum Gasteiger partial charge on any atom is 0.306 e. The third-order valence-corrected chi connectivity index (χ3v) is 5.67. The molecule has 2 N–H and O–H groups in total. The topological polar surface area (TPSA) is 52.3 Å². The van der Waals surface area contributed by atoms with E-state index in [1.807, 2.05) is 11.8 Å². The van der Waals surface area contributed by atoms with Crippen molar-refractivity contribution in [1.82, 2.24) is 0 Å². The molecule has 0 aromatic heterocycles. The molecule has 98 valence electrons. The van der Waals surface area contributed by atoms with Crippen molar-refractivity contribution >= 4 is 17.7 Å². The Hall–Kier alpha value is -0.220. The van der Waals surface area contributed by atoms with Gasteiger partial charge in [-0.2, -0.15) is 11.8 Å². The first kappa shape index (κ1) is 13.2. The number of hydrogen-bond donors (Lipinski definition) is 1. The van der Waals surface area contributed by atoms with Crippen LogP contribution in [0.25, 0.3) is 0 Å². The quantitative estimate of drug-likeness (QED) is 0.768. The lowest BCUT2D eigenvalue weighted by atomic mass is 9.96. The van der Waals surface area contributed by atoms with Gasteiger partial charge in [-0.1, -0.05) is 6.42 Å². The molecule has 2 unspecified atom stereocenters. The molecule has 0 radical (unpaired) electrons. The second kappa shape index (κ2) is 5.61. The fourth-order valence-electron chi connectivity index (χ4n) is 2.55. The molecule has 0 bridgehead atoms. The number of hydrogen-bond acceptors (Lipinski definition) is 4. The van der Waals surface area contributed by atoms with E-state index in [2.05, 4.69) is 0 Å². The molecule has 2 fully saturated rings. The van der Waals surface area contributed by atoms with E-state index in [9.17, 15) is 4.79 Å². The second-order valence-electron chi connectivity index (χ2n) is 5.61. The van der Waals surface area contributed by atoms with E-state index in [-0.39, 0.29) is 11.4 Å². The highest BCUT2D eigenvalue weighted by Crippen LogP contribution is 2.52. The molecule has 0 spiro atoms. The van der Waals surface area contributed by atoms with Crippen molar-refractivity contribution in [1.29, 1.82) is 0 Å². The van der Waals surface area contributed by atoms with Crippen LogP contribution in [0.5, 0.6) is 0 Å². The van der Waals surface area contributed by atoms with E-state index in [0.717, 1.165) is 12.2 Å². The molecule has 2 aliphatic carbocycles. The number of carbonyl (C=O) groups excluding carboxylic acids is 1. The zero-order valence-electron chi connectivity index (χ0n) is 10.6. The number of ether oxygens (including phenoxy) is 1. The Morgan fingerprint density at radius 1 is 1.47 bits per heavy atom. The summed E-state index contributed by atoms with van der Waals surface area (Å²) in [6.45, 7) is 0. The van der Waals surface area contributed by atoms with Gasteiger partial charge in [0.1, 0.15) is 0 Å². The van der Waals surface area contributed by atoms with Crippen molar-refractivity contribution < 1.29 is 9.53 Å². The van der Waals surface area contributed by atoms with Crippen molar-refractivity contribution in [2.24, 2.45) is 11.1 Å². The van der Waals surface area contributed by atoms with Gasteiger partial charge in [-0.15, -0.1) is 0 Å². The molecule has 0 amide bonds. The average Bonchev–Trinajstić information content (AvgIpc) is 3.07. The minimum absolute atomic E-state index is 0.0524. The zero-order valence-corrected chi connectivity index (χ0v) is 11.4. The smallest absolute Gasteiger partial charge is 0.306 e. The highest BCUT2D eigenvalue weighted by atomic mass is 32.2. The summed E-state index contributed by atoms with van der Waals surface area (Å²) in [6, 6.07) is 0.400. The lowest BCUT2D eigenvalue weighted by Gasteiger charge is -2.27. The van der Waals surface area contributed by atoms with Crippen LogP contribution < -0.4 is 5.73 Å². The maximum atomic E-state index is 11.3. The Morgan fingerprint density at radius 2 is 2.24 bits per heavy atom. The highest BCUT2D eigenvalue weighted by Gasteiger charge is 2.45. The number of carbonyl (C=O) groups is 1. The molecular formula is C13H23NO2S. The second-order valence-corrected chi connectivity index (χ2v) is 6.90. The van der Waals surface area contributed by atoms with Crippen molar-refractivity contribution in [3.63, 3.8) is 0 Å². The van der Waals surface area contributed by atoms with Gasteiger partial charge in [0.25, 0.3) is 0 Å². The van der Waals surface area contributed by atoms with Gasteiger partial charge in [0, 0.05) is 11.3 Å². The van der Waals surface area contributed by atoms with Crippen LogP contribution in [0.2, 0.25) is 0 Å². The van der Waals surface area contributed by atoms with Crippen molar-refractivity contribution in [2.45, 2.75) is 56.2 Å². The van der Waals surface area contributed by atoms with E-state index in [1.54, 1.807) is 0 Å². The first-order valence-electron chi connectivity index (χ1n) is 6.57. The van der Waals surface area contributed by atoms with Crippen LogP contribution in [0.4, 0.5) is 0 Å². The standard InChI is InChI=1S/C13H23NO2S/c1-16-12(15)8-13(5-6-13)9-17-11-4-2-3-10(14)7-11/h10-11H,2-9,14H2,1H3. The van der Waals surface area contributed by atoms with Gasteiger partial charge in [0.05, 0.1) is 13.5 Å². The molecule has 0 saturated heterocycles. The fourth-order valence-corrected chi connectivity index (χ4v) is 4.25. The van der Waals surface area contributed by atoms with Crippen molar-refractivity contribution in [2.75, 3.05) is 12.9 Å². The molecule has 3 nitrogen and oxygen atoms in total. The molecule has 0 heterocycles. The van der Waals surface area contributed by atoms with Crippen LogP contribution >= 0.6 is 11.8 Å². The summed E-state index contributed by atoms with van der Waals surface area (Å²) >= 11 is 2.04. The van der Waals surface area contributed by atoms with Crippen LogP contribution in [-0.4, -0.2) is 30.1 Å². The van der Waals surface area contributed by atoms with Gasteiger partial charge >= 0.3 is 5.97 Å². The third-order valence-electron chi connectivity index (χ3n) is 4.00. The van der Waals surface area contributed by atoms with Gasteiger partial charge in [0.2, 0.25) is 0 Å². The third kappa shape index (κ3) is 3.88. The summed E-state index contributed by atoms with van der Waals surface area (Å²) in [5.74, 6) is 1.06. The molecule has 2 aliphatic rings. The molecule has 2 atom stereocenters. The Morgan fingerprint density at radius 3 is 2.82 bits per heavy atom. The zero-order chi connectivity index (χ0) is 12.3. The first-order chi connectivity index (χ1) is 8.13. The SMILES string of the molecule is COC(=O)CC1(CSC2CCCC(N)C2)CC1. The van der Waals surface area contributed by atoms with Gasteiger partial charge in [-0.25, -0.2) is 0 Å². The van der Waals surface area contributed by atoms with E-state index in [1.165, 1.54) is 39.2 Å². The molecule has 0 aromatic rings. The Kier molecular flexibility index (Phi) is 4.36.